The van der Waals surface area contributed by atoms with E-state index >= 15 is 0 Å². The van der Waals surface area contributed by atoms with E-state index in [1.54, 1.807) is 7.11 Å². The van der Waals surface area contributed by atoms with E-state index in [2.05, 4.69) is 54.5 Å². The Labute approximate surface area is 147 Å². The highest BCUT2D eigenvalue weighted by molar-refractivity contribution is 14.1. The van der Waals surface area contributed by atoms with Gasteiger partial charge in [-0.25, -0.2) is 0 Å². The van der Waals surface area contributed by atoms with Gasteiger partial charge in [-0.1, -0.05) is 50.1 Å². The molecule has 1 aromatic carbocycles. The standard InChI is InChI=1S/C14H11Br2IO3/c1-19-9-3-2-7(6-8(9)17)14(18)11-5-4-10(20-11)12(15)13(14)16/h2-6,10-11,18H,1H3/t10-,11+,14?/m1/s1. The smallest absolute Gasteiger partial charge is 0.152 e. The predicted octanol–water partition coefficient (Wildman–Crippen LogP) is 3.83. The Kier molecular flexibility index (Phi) is 4.05. The van der Waals surface area contributed by atoms with Crippen molar-refractivity contribution in [3.63, 3.8) is 0 Å². The average molecular weight is 514 g/mol. The van der Waals surface area contributed by atoms with E-state index in [-0.39, 0.29) is 6.10 Å². The molecule has 3 rings (SSSR count). The van der Waals surface area contributed by atoms with Crippen molar-refractivity contribution in [2.24, 2.45) is 0 Å². The van der Waals surface area contributed by atoms with Gasteiger partial charge in [-0.05, 0) is 40.3 Å². The normalized spacial score (nSPS) is 31.9. The van der Waals surface area contributed by atoms with E-state index in [0.29, 0.717) is 4.48 Å². The fourth-order valence-electron chi connectivity index (χ4n) is 2.46. The quantitative estimate of drug-likeness (QED) is 0.483. The van der Waals surface area contributed by atoms with Crippen molar-refractivity contribution in [3.8, 4) is 5.75 Å². The average Bonchev–Trinajstić information content (AvgIpc) is 2.91. The number of rotatable bonds is 2. The molecule has 3 nitrogen and oxygen atoms in total. The fourth-order valence-corrected chi connectivity index (χ4v) is 4.44. The number of ether oxygens (including phenoxy) is 2. The lowest BCUT2D eigenvalue weighted by Crippen LogP contribution is -2.43. The Morgan fingerprint density at radius 1 is 1.35 bits per heavy atom. The van der Waals surface area contributed by atoms with Gasteiger partial charge in [0.1, 0.15) is 18.0 Å². The van der Waals surface area contributed by atoms with Gasteiger partial charge in [0.05, 0.1) is 10.7 Å². The lowest BCUT2D eigenvalue weighted by atomic mass is 9.87. The summed E-state index contributed by atoms with van der Waals surface area (Å²) < 4.78 is 13.5. The highest BCUT2D eigenvalue weighted by Gasteiger charge is 2.49. The van der Waals surface area contributed by atoms with E-state index in [4.69, 9.17) is 9.47 Å². The molecule has 0 saturated carbocycles. The molecule has 0 aromatic heterocycles. The summed E-state index contributed by atoms with van der Waals surface area (Å²) in [4.78, 5) is 0. The fraction of sp³-hybridized carbons (Fsp3) is 0.286. The maximum Gasteiger partial charge on any atom is 0.152 e. The van der Waals surface area contributed by atoms with Crippen LogP contribution in [0.4, 0.5) is 0 Å². The lowest BCUT2D eigenvalue weighted by molar-refractivity contribution is -0.0729. The maximum atomic E-state index is 11.2. The number of halogens is 3. The van der Waals surface area contributed by atoms with E-state index < -0.39 is 11.7 Å². The second-order valence-electron chi connectivity index (χ2n) is 4.64. The molecule has 1 N–H and O–H groups in total. The van der Waals surface area contributed by atoms with Gasteiger partial charge in [0.25, 0.3) is 0 Å². The molecule has 1 aromatic rings. The van der Waals surface area contributed by atoms with Crippen LogP contribution in [0, 0.1) is 3.57 Å². The van der Waals surface area contributed by atoms with Crippen molar-refractivity contribution < 1.29 is 14.6 Å². The summed E-state index contributed by atoms with van der Waals surface area (Å²) in [5.41, 5.74) is -0.462. The zero-order valence-electron chi connectivity index (χ0n) is 10.4. The molecule has 1 unspecified atom stereocenters. The van der Waals surface area contributed by atoms with Crippen LogP contribution in [-0.4, -0.2) is 24.4 Å². The van der Waals surface area contributed by atoms with Gasteiger partial charge in [0, 0.05) is 8.96 Å². The molecule has 2 aliphatic heterocycles. The van der Waals surface area contributed by atoms with Crippen molar-refractivity contribution in [2.45, 2.75) is 17.8 Å². The molecule has 0 saturated heterocycles. The molecular formula is C14H11Br2IO3. The molecule has 106 valence electrons. The van der Waals surface area contributed by atoms with E-state index in [0.717, 1.165) is 19.4 Å². The molecule has 0 spiro atoms. The number of fused-ring (bicyclic) bond motifs is 2. The summed E-state index contributed by atoms with van der Waals surface area (Å²) in [6.07, 6.45) is 3.33. The van der Waals surface area contributed by atoms with E-state index in [9.17, 15) is 5.11 Å². The number of methoxy groups -OCH3 is 1. The number of hydrogen-bond acceptors (Lipinski definition) is 3. The van der Waals surface area contributed by atoms with Crippen molar-refractivity contribution >= 4 is 54.5 Å². The molecule has 6 heteroatoms. The number of hydrogen-bond donors (Lipinski definition) is 1. The molecule has 0 amide bonds. The zero-order chi connectivity index (χ0) is 14.5. The number of benzene rings is 1. The van der Waals surface area contributed by atoms with Crippen molar-refractivity contribution in [2.75, 3.05) is 7.11 Å². The Bertz CT molecular complexity index is 629. The second kappa shape index (κ2) is 5.39. The minimum absolute atomic E-state index is 0.119. The van der Waals surface area contributed by atoms with Gasteiger partial charge in [0.15, 0.2) is 5.60 Å². The summed E-state index contributed by atoms with van der Waals surface area (Å²) in [5, 5.41) is 11.2. The molecule has 3 atom stereocenters. The van der Waals surface area contributed by atoms with Crippen molar-refractivity contribution in [1.82, 2.24) is 0 Å². The third kappa shape index (κ3) is 2.11. The predicted molar refractivity (Wildman–Crippen MR) is 92.3 cm³/mol. The summed E-state index contributed by atoms with van der Waals surface area (Å²) in [7, 11) is 1.63. The SMILES string of the molecule is COc1ccc(C2(O)C(Br)=C(Br)[C@H]3C=C[C@@H]2O3)cc1I. The van der Waals surface area contributed by atoms with Crippen molar-refractivity contribution in [3.05, 3.63) is 48.4 Å². The maximum absolute atomic E-state index is 11.2. The first-order valence-electron chi connectivity index (χ1n) is 5.94. The Morgan fingerprint density at radius 2 is 2.10 bits per heavy atom. The third-order valence-corrected chi connectivity index (χ3v) is 6.81. The van der Waals surface area contributed by atoms with Gasteiger partial charge >= 0.3 is 0 Å². The van der Waals surface area contributed by atoms with Crippen LogP contribution in [0.5, 0.6) is 5.75 Å². The molecule has 20 heavy (non-hydrogen) atoms. The summed E-state index contributed by atoms with van der Waals surface area (Å²) in [6, 6.07) is 5.63. The Hall–Kier alpha value is 0.110. The van der Waals surface area contributed by atoms with Gasteiger partial charge < -0.3 is 14.6 Å². The van der Waals surface area contributed by atoms with Crippen LogP contribution in [-0.2, 0) is 10.3 Å². The lowest BCUT2D eigenvalue weighted by Gasteiger charge is -2.38. The number of aliphatic hydroxyl groups is 1. The zero-order valence-corrected chi connectivity index (χ0v) is 15.8. The molecule has 0 aliphatic carbocycles. The first kappa shape index (κ1) is 15.0. The van der Waals surface area contributed by atoms with Crippen molar-refractivity contribution in [1.29, 1.82) is 0 Å². The summed E-state index contributed by atoms with van der Waals surface area (Å²) in [6.45, 7) is 0. The van der Waals surface area contributed by atoms with Gasteiger partial charge in [-0.3, -0.25) is 0 Å². The third-order valence-electron chi connectivity index (χ3n) is 3.55. The Balaban J connectivity index is 2.14. The molecule has 2 bridgehead atoms. The minimum Gasteiger partial charge on any atom is -0.496 e. The highest BCUT2D eigenvalue weighted by atomic mass is 127. The van der Waals surface area contributed by atoms with Crippen LogP contribution < -0.4 is 4.74 Å². The van der Waals surface area contributed by atoms with E-state index in [1.165, 1.54) is 0 Å². The molecule has 0 fully saturated rings. The van der Waals surface area contributed by atoms with Gasteiger partial charge in [-0.15, -0.1) is 0 Å². The van der Waals surface area contributed by atoms with Crippen LogP contribution in [0.25, 0.3) is 0 Å². The minimum atomic E-state index is -1.23. The molecule has 0 radical (unpaired) electrons. The summed E-state index contributed by atoms with van der Waals surface area (Å²) >= 11 is 9.21. The van der Waals surface area contributed by atoms with Gasteiger partial charge in [0.2, 0.25) is 0 Å². The first-order chi connectivity index (χ1) is 9.48. The first-order valence-corrected chi connectivity index (χ1v) is 8.60. The molecular weight excluding hydrogens is 503 g/mol. The van der Waals surface area contributed by atoms with Crippen LogP contribution >= 0.6 is 54.5 Å². The monoisotopic (exact) mass is 512 g/mol. The highest BCUT2D eigenvalue weighted by Crippen LogP contribution is 2.50. The topological polar surface area (TPSA) is 38.7 Å². The largest absolute Gasteiger partial charge is 0.496 e. The second-order valence-corrected chi connectivity index (χ2v) is 7.45. The van der Waals surface area contributed by atoms with Crippen LogP contribution in [0.3, 0.4) is 0 Å². The van der Waals surface area contributed by atoms with Crippen LogP contribution in [0.1, 0.15) is 5.56 Å². The molecule has 2 aliphatic rings. The van der Waals surface area contributed by atoms with Crippen LogP contribution in [0.2, 0.25) is 0 Å². The van der Waals surface area contributed by atoms with E-state index in [1.807, 2.05) is 30.4 Å². The van der Waals surface area contributed by atoms with Gasteiger partial charge in [-0.2, -0.15) is 0 Å². The Morgan fingerprint density at radius 3 is 2.75 bits per heavy atom. The summed E-state index contributed by atoms with van der Waals surface area (Å²) in [5.74, 6) is 0.786. The van der Waals surface area contributed by atoms with Crippen LogP contribution in [0.15, 0.2) is 39.3 Å². The molecule has 2 heterocycles.